The van der Waals surface area contributed by atoms with Crippen LogP contribution in [0.25, 0.3) is 0 Å². The van der Waals surface area contributed by atoms with Crippen molar-refractivity contribution in [2.24, 2.45) is 0 Å². The minimum atomic E-state index is -0.147. The van der Waals surface area contributed by atoms with E-state index in [0.717, 1.165) is 5.56 Å². The first-order valence-corrected chi connectivity index (χ1v) is 8.25. The maximum Gasteiger partial charge on any atom is 0.197 e. The number of carbonyl (C=O) groups excluding carboxylic acids is 1. The Morgan fingerprint density at radius 1 is 0.846 bits per heavy atom. The van der Waals surface area contributed by atoms with E-state index >= 15 is 0 Å². The summed E-state index contributed by atoms with van der Waals surface area (Å²) in [6.07, 6.45) is 0. The number of ketones is 1. The van der Waals surface area contributed by atoms with Crippen LogP contribution in [0.4, 0.5) is 0 Å². The highest BCUT2D eigenvalue weighted by molar-refractivity contribution is 6.11. The molecule has 3 aromatic carbocycles. The number of ether oxygens (including phenoxy) is 3. The molecular formula is C22H20O4. The summed E-state index contributed by atoms with van der Waals surface area (Å²) in [5.74, 6) is 1.44. The van der Waals surface area contributed by atoms with E-state index in [1.165, 1.54) is 7.11 Å². The van der Waals surface area contributed by atoms with Crippen molar-refractivity contribution in [1.82, 2.24) is 0 Å². The molecule has 4 heteroatoms. The Bertz CT molecular complexity index is 888. The number of benzene rings is 3. The van der Waals surface area contributed by atoms with Gasteiger partial charge in [-0.05, 0) is 29.8 Å². The lowest BCUT2D eigenvalue weighted by Gasteiger charge is -2.12. The predicted octanol–water partition coefficient (Wildman–Crippen LogP) is 4.51. The fourth-order valence-electron chi connectivity index (χ4n) is 2.69. The van der Waals surface area contributed by atoms with E-state index in [2.05, 4.69) is 0 Å². The molecule has 0 bridgehead atoms. The predicted molar refractivity (Wildman–Crippen MR) is 100 cm³/mol. The molecule has 0 fully saturated rings. The number of hydrogen-bond acceptors (Lipinski definition) is 4. The van der Waals surface area contributed by atoms with Crippen molar-refractivity contribution < 1.29 is 19.0 Å². The Kier molecular flexibility index (Phi) is 5.54. The second-order valence-corrected chi connectivity index (χ2v) is 5.67. The van der Waals surface area contributed by atoms with Crippen molar-refractivity contribution in [2.75, 3.05) is 14.2 Å². The zero-order valence-corrected chi connectivity index (χ0v) is 14.8. The summed E-state index contributed by atoms with van der Waals surface area (Å²) in [5.41, 5.74) is 2.05. The van der Waals surface area contributed by atoms with Gasteiger partial charge in [-0.1, -0.05) is 48.5 Å². The summed E-state index contributed by atoms with van der Waals surface area (Å²) in [7, 11) is 3.07. The fourth-order valence-corrected chi connectivity index (χ4v) is 2.69. The molecule has 0 unspecified atom stereocenters. The van der Waals surface area contributed by atoms with Gasteiger partial charge >= 0.3 is 0 Å². The van der Waals surface area contributed by atoms with Gasteiger partial charge in [-0.25, -0.2) is 0 Å². The van der Waals surface area contributed by atoms with E-state index < -0.39 is 0 Å². The van der Waals surface area contributed by atoms with Crippen LogP contribution in [0, 0.1) is 0 Å². The minimum absolute atomic E-state index is 0.147. The molecule has 0 radical (unpaired) electrons. The molecule has 4 nitrogen and oxygen atoms in total. The molecule has 0 aromatic heterocycles. The van der Waals surface area contributed by atoms with Crippen molar-refractivity contribution in [1.29, 1.82) is 0 Å². The summed E-state index contributed by atoms with van der Waals surface area (Å²) in [6, 6.07) is 22.3. The molecule has 0 atom stereocenters. The van der Waals surface area contributed by atoms with E-state index in [4.69, 9.17) is 14.2 Å². The molecule has 0 amide bonds. The topological polar surface area (TPSA) is 44.8 Å². The minimum Gasteiger partial charge on any atom is -0.493 e. The molecule has 3 rings (SSSR count). The molecule has 0 spiro atoms. The van der Waals surface area contributed by atoms with E-state index in [1.54, 1.807) is 43.5 Å². The molecule has 0 saturated heterocycles. The first kappa shape index (κ1) is 17.5. The second-order valence-electron chi connectivity index (χ2n) is 5.67. The van der Waals surface area contributed by atoms with Crippen LogP contribution < -0.4 is 14.2 Å². The van der Waals surface area contributed by atoms with Gasteiger partial charge in [0.25, 0.3) is 0 Å². The zero-order valence-electron chi connectivity index (χ0n) is 14.8. The molecule has 3 aromatic rings. The van der Waals surface area contributed by atoms with E-state index in [-0.39, 0.29) is 5.78 Å². The summed E-state index contributed by atoms with van der Waals surface area (Å²) in [5, 5.41) is 0. The van der Waals surface area contributed by atoms with Crippen LogP contribution in [0.15, 0.2) is 72.8 Å². The Morgan fingerprint density at radius 3 is 2.35 bits per heavy atom. The highest BCUT2D eigenvalue weighted by atomic mass is 16.5. The summed E-state index contributed by atoms with van der Waals surface area (Å²) >= 11 is 0. The van der Waals surface area contributed by atoms with Gasteiger partial charge in [0.05, 0.1) is 19.8 Å². The SMILES string of the molecule is COc1cccc(C(=O)c2cccc(OCc3ccccc3)c2)c1OC. The standard InChI is InChI=1S/C22H20O4/c1-24-20-13-7-12-19(22(20)25-2)21(23)17-10-6-11-18(14-17)26-15-16-8-4-3-5-9-16/h3-14H,15H2,1-2H3. The smallest absolute Gasteiger partial charge is 0.197 e. The Balaban J connectivity index is 1.83. The normalized spacial score (nSPS) is 10.2. The maximum absolute atomic E-state index is 12.9. The fraction of sp³-hybridized carbons (Fsp3) is 0.136. The highest BCUT2D eigenvalue weighted by Crippen LogP contribution is 2.32. The molecular weight excluding hydrogens is 328 g/mol. The summed E-state index contributed by atoms with van der Waals surface area (Å²) in [6.45, 7) is 0.445. The average Bonchev–Trinajstić information content (AvgIpc) is 2.72. The van der Waals surface area contributed by atoms with Crippen LogP contribution in [-0.4, -0.2) is 20.0 Å². The monoisotopic (exact) mass is 348 g/mol. The van der Waals surface area contributed by atoms with Crippen molar-refractivity contribution in [3.8, 4) is 17.2 Å². The van der Waals surface area contributed by atoms with E-state index in [9.17, 15) is 4.79 Å². The third kappa shape index (κ3) is 3.86. The number of rotatable bonds is 7. The number of para-hydroxylation sites is 1. The van der Waals surface area contributed by atoms with Gasteiger partial charge in [-0.15, -0.1) is 0 Å². The quantitative estimate of drug-likeness (QED) is 0.589. The molecule has 0 saturated carbocycles. The van der Waals surface area contributed by atoms with Gasteiger partial charge in [-0.2, -0.15) is 0 Å². The van der Waals surface area contributed by atoms with Crippen molar-refractivity contribution >= 4 is 5.78 Å². The molecule has 132 valence electrons. The second kappa shape index (κ2) is 8.21. The molecule has 26 heavy (non-hydrogen) atoms. The lowest BCUT2D eigenvalue weighted by atomic mass is 10.0. The number of methoxy groups -OCH3 is 2. The first-order chi connectivity index (χ1) is 12.7. The van der Waals surface area contributed by atoms with Crippen molar-refractivity contribution in [3.05, 3.63) is 89.5 Å². The largest absolute Gasteiger partial charge is 0.493 e. The van der Waals surface area contributed by atoms with Gasteiger partial charge in [0.15, 0.2) is 17.3 Å². The van der Waals surface area contributed by atoms with Crippen molar-refractivity contribution in [2.45, 2.75) is 6.61 Å². The number of carbonyl (C=O) groups is 1. The van der Waals surface area contributed by atoms with Crippen LogP contribution in [-0.2, 0) is 6.61 Å². The third-order valence-corrected chi connectivity index (χ3v) is 3.99. The van der Waals surface area contributed by atoms with Crippen LogP contribution in [0.3, 0.4) is 0 Å². The van der Waals surface area contributed by atoms with Crippen LogP contribution in [0.2, 0.25) is 0 Å². The van der Waals surface area contributed by atoms with E-state index in [0.29, 0.717) is 35.0 Å². The molecule has 0 aliphatic carbocycles. The lowest BCUT2D eigenvalue weighted by Crippen LogP contribution is -2.05. The third-order valence-electron chi connectivity index (χ3n) is 3.99. The first-order valence-electron chi connectivity index (χ1n) is 8.25. The highest BCUT2D eigenvalue weighted by Gasteiger charge is 2.18. The molecule has 0 aliphatic heterocycles. The van der Waals surface area contributed by atoms with Gasteiger partial charge in [0.2, 0.25) is 0 Å². The zero-order chi connectivity index (χ0) is 18.4. The summed E-state index contributed by atoms with van der Waals surface area (Å²) in [4.78, 5) is 12.9. The van der Waals surface area contributed by atoms with Gasteiger partial charge < -0.3 is 14.2 Å². The van der Waals surface area contributed by atoms with Crippen molar-refractivity contribution in [3.63, 3.8) is 0 Å². The Hall–Kier alpha value is -3.27. The van der Waals surface area contributed by atoms with Gasteiger partial charge in [0.1, 0.15) is 12.4 Å². The average molecular weight is 348 g/mol. The lowest BCUT2D eigenvalue weighted by molar-refractivity contribution is 0.103. The van der Waals surface area contributed by atoms with Gasteiger partial charge in [-0.3, -0.25) is 4.79 Å². The summed E-state index contributed by atoms with van der Waals surface area (Å²) < 4.78 is 16.5. The molecule has 0 heterocycles. The Morgan fingerprint density at radius 2 is 1.62 bits per heavy atom. The number of hydrogen-bond donors (Lipinski definition) is 0. The maximum atomic E-state index is 12.9. The van der Waals surface area contributed by atoms with E-state index in [1.807, 2.05) is 36.4 Å². The molecule has 0 N–H and O–H groups in total. The molecule has 0 aliphatic rings. The van der Waals surface area contributed by atoms with Gasteiger partial charge in [0, 0.05) is 5.56 Å². The van der Waals surface area contributed by atoms with Crippen LogP contribution in [0.1, 0.15) is 21.5 Å². The van der Waals surface area contributed by atoms with Crippen LogP contribution >= 0.6 is 0 Å². The Labute approximate surface area is 153 Å². The van der Waals surface area contributed by atoms with Crippen LogP contribution in [0.5, 0.6) is 17.2 Å².